The summed E-state index contributed by atoms with van der Waals surface area (Å²) in [6, 6.07) is 3.62. The minimum Gasteiger partial charge on any atom is -0.378 e. The molecule has 3 N–H and O–H groups in total. The Morgan fingerprint density at radius 1 is 1.43 bits per heavy atom. The predicted octanol–water partition coefficient (Wildman–Crippen LogP) is 1.44. The maximum atomic E-state index is 11.6. The van der Waals surface area contributed by atoms with E-state index in [9.17, 15) is 4.79 Å². The van der Waals surface area contributed by atoms with Gasteiger partial charge in [-0.3, -0.25) is 4.79 Å². The highest BCUT2D eigenvalue weighted by Crippen LogP contribution is 2.16. The third-order valence-electron chi connectivity index (χ3n) is 2.90. The molecule has 1 fully saturated rings. The summed E-state index contributed by atoms with van der Waals surface area (Å²) >= 11 is 0. The van der Waals surface area contributed by atoms with Crippen LogP contribution in [0, 0.1) is 0 Å². The van der Waals surface area contributed by atoms with Crippen molar-refractivity contribution in [2.75, 3.05) is 36.5 Å². The highest BCUT2D eigenvalue weighted by atomic mass is 35.5. The molecule has 1 atom stereocenters. The fraction of sp³-hybridized carbons (Fsp3) is 0.538. The first-order valence-corrected chi connectivity index (χ1v) is 6.49. The van der Waals surface area contributed by atoms with Crippen molar-refractivity contribution in [1.82, 2.24) is 4.98 Å². The quantitative estimate of drug-likeness (QED) is 0.869. The average Bonchev–Trinajstić information content (AvgIpc) is 2.39. The summed E-state index contributed by atoms with van der Waals surface area (Å²) in [6.07, 6.45) is 2.07. The fourth-order valence-electron chi connectivity index (χ4n) is 1.95. The molecule has 0 spiro atoms. The fourth-order valence-corrected chi connectivity index (χ4v) is 1.95. The van der Waals surface area contributed by atoms with Crippen LogP contribution in [0.1, 0.15) is 13.3 Å². The monoisotopic (exact) mass is 336 g/mol. The molecule has 2 heterocycles. The number of pyridine rings is 1. The van der Waals surface area contributed by atoms with Crippen molar-refractivity contribution >= 4 is 42.2 Å². The van der Waals surface area contributed by atoms with E-state index < -0.39 is 0 Å². The third kappa shape index (κ3) is 6.48. The Morgan fingerprint density at radius 3 is 2.62 bits per heavy atom. The van der Waals surface area contributed by atoms with Crippen LogP contribution in [-0.2, 0) is 9.53 Å². The van der Waals surface area contributed by atoms with Crippen molar-refractivity contribution in [3.8, 4) is 0 Å². The standard InChI is InChI=1S/C13H20N4O2.2ClH/c1-10(14)8-13(18)16-12-3-2-11(9-15-12)17-4-6-19-7-5-17;;/h2-3,9-10H,4-8,14H2,1H3,(H,15,16,18);2*1H. The van der Waals surface area contributed by atoms with Gasteiger partial charge < -0.3 is 20.7 Å². The van der Waals surface area contributed by atoms with Crippen LogP contribution in [0.5, 0.6) is 0 Å². The minimum absolute atomic E-state index is 0. The largest absolute Gasteiger partial charge is 0.378 e. The smallest absolute Gasteiger partial charge is 0.227 e. The van der Waals surface area contributed by atoms with Crippen molar-refractivity contribution in [2.45, 2.75) is 19.4 Å². The second kappa shape index (κ2) is 9.78. The summed E-state index contributed by atoms with van der Waals surface area (Å²) in [7, 11) is 0. The summed E-state index contributed by atoms with van der Waals surface area (Å²) in [5, 5.41) is 2.73. The van der Waals surface area contributed by atoms with E-state index in [1.807, 2.05) is 12.1 Å². The van der Waals surface area contributed by atoms with Crippen molar-refractivity contribution in [3.63, 3.8) is 0 Å². The van der Waals surface area contributed by atoms with E-state index >= 15 is 0 Å². The summed E-state index contributed by atoms with van der Waals surface area (Å²) in [6.45, 7) is 5.03. The van der Waals surface area contributed by atoms with Gasteiger partial charge in [0.05, 0.1) is 25.1 Å². The van der Waals surface area contributed by atoms with Crippen LogP contribution in [0.4, 0.5) is 11.5 Å². The van der Waals surface area contributed by atoms with Gasteiger partial charge in [0, 0.05) is 25.6 Å². The highest BCUT2D eigenvalue weighted by molar-refractivity contribution is 5.90. The average molecular weight is 337 g/mol. The number of anilines is 2. The molecular weight excluding hydrogens is 315 g/mol. The summed E-state index contributed by atoms with van der Waals surface area (Å²) in [4.78, 5) is 18.0. The molecule has 1 aromatic heterocycles. The van der Waals surface area contributed by atoms with Gasteiger partial charge in [0.2, 0.25) is 5.91 Å². The number of carbonyl (C=O) groups is 1. The molecule has 120 valence electrons. The molecule has 0 bridgehead atoms. The van der Waals surface area contributed by atoms with Gasteiger partial charge in [0.1, 0.15) is 5.82 Å². The van der Waals surface area contributed by atoms with Gasteiger partial charge in [-0.15, -0.1) is 24.8 Å². The van der Waals surface area contributed by atoms with E-state index in [2.05, 4.69) is 15.2 Å². The van der Waals surface area contributed by atoms with Crippen LogP contribution >= 0.6 is 24.8 Å². The van der Waals surface area contributed by atoms with Crippen LogP contribution in [-0.4, -0.2) is 43.2 Å². The Labute approximate surface area is 137 Å². The van der Waals surface area contributed by atoms with E-state index in [0.717, 1.165) is 32.0 Å². The molecule has 0 aromatic carbocycles. The zero-order valence-electron chi connectivity index (χ0n) is 11.9. The Bertz CT molecular complexity index is 423. The normalized spacial score (nSPS) is 15.4. The number of rotatable bonds is 4. The lowest BCUT2D eigenvalue weighted by atomic mass is 10.2. The van der Waals surface area contributed by atoms with Crippen LogP contribution < -0.4 is 16.0 Å². The molecular formula is C13H22Cl2N4O2. The molecule has 0 radical (unpaired) electrons. The van der Waals surface area contributed by atoms with Gasteiger partial charge in [-0.05, 0) is 19.1 Å². The van der Waals surface area contributed by atoms with Crippen LogP contribution in [0.2, 0.25) is 0 Å². The van der Waals surface area contributed by atoms with Crippen molar-refractivity contribution in [1.29, 1.82) is 0 Å². The molecule has 1 aromatic rings. The Balaban J connectivity index is 0.00000200. The number of nitrogens with one attached hydrogen (secondary N) is 1. The minimum atomic E-state index is -0.146. The third-order valence-corrected chi connectivity index (χ3v) is 2.90. The van der Waals surface area contributed by atoms with Gasteiger partial charge in [-0.25, -0.2) is 4.98 Å². The zero-order chi connectivity index (χ0) is 13.7. The molecule has 1 saturated heterocycles. The first-order chi connectivity index (χ1) is 9.15. The van der Waals surface area contributed by atoms with Crippen LogP contribution in [0.25, 0.3) is 0 Å². The number of morpholine rings is 1. The lowest BCUT2D eigenvalue weighted by Crippen LogP contribution is -2.36. The summed E-state index contributed by atoms with van der Waals surface area (Å²) < 4.78 is 5.30. The second-order valence-electron chi connectivity index (χ2n) is 4.73. The predicted molar refractivity (Wildman–Crippen MR) is 88.7 cm³/mol. The lowest BCUT2D eigenvalue weighted by Gasteiger charge is -2.28. The number of ether oxygens (including phenoxy) is 1. The van der Waals surface area contributed by atoms with Gasteiger partial charge >= 0.3 is 0 Å². The number of hydrogen-bond acceptors (Lipinski definition) is 5. The second-order valence-corrected chi connectivity index (χ2v) is 4.73. The molecule has 21 heavy (non-hydrogen) atoms. The van der Waals surface area contributed by atoms with Crippen LogP contribution in [0.3, 0.4) is 0 Å². The van der Waals surface area contributed by atoms with E-state index in [-0.39, 0.29) is 36.8 Å². The number of amides is 1. The molecule has 1 unspecified atom stereocenters. The number of carbonyl (C=O) groups excluding carboxylic acids is 1. The summed E-state index contributed by atoms with van der Waals surface area (Å²) in [5.74, 6) is 0.448. The molecule has 0 saturated carbocycles. The van der Waals surface area contributed by atoms with E-state index in [1.54, 1.807) is 13.1 Å². The van der Waals surface area contributed by atoms with Gasteiger partial charge in [-0.2, -0.15) is 0 Å². The van der Waals surface area contributed by atoms with Gasteiger partial charge in [-0.1, -0.05) is 0 Å². The van der Waals surface area contributed by atoms with Crippen LogP contribution in [0.15, 0.2) is 18.3 Å². The number of halogens is 2. The zero-order valence-corrected chi connectivity index (χ0v) is 13.6. The molecule has 2 rings (SSSR count). The molecule has 0 aliphatic carbocycles. The van der Waals surface area contributed by atoms with Crippen molar-refractivity contribution in [2.24, 2.45) is 5.73 Å². The molecule has 1 aliphatic rings. The lowest BCUT2D eigenvalue weighted by molar-refractivity contribution is -0.116. The molecule has 1 aliphatic heterocycles. The number of hydrogen-bond donors (Lipinski definition) is 2. The van der Waals surface area contributed by atoms with Crippen molar-refractivity contribution < 1.29 is 9.53 Å². The SMILES string of the molecule is CC(N)CC(=O)Nc1ccc(N2CCOCC2)cn1.Cl.Cl. The maximum absolute atomic E-state index is 11.6. The number of nitrogens with two attached hydrogens (primary N) is 1. The Kier molecular flexibility index (Phi) is 9.28. The van der Waals surface area contributed by atoms with E-state index in [4.69, 9.17) is 10.5 Å². The molecule has 6 nitrogen and oxygen atoms in total. The van der Waals surface area contributed by atoms with Gasteiger partial charge in [0.15, 0.2) is 0 Å². The maximum Gasteiger partial charge on any atom is 0.227 e. The van der Waals surface area contributed by atoms with Gasteiger partial charge in [0.25, 0.3) is 0 Å². The number of aromatic nitrogens is 1. The van der Waals surface area contributed by atoms with Crippen molar-refractivity contribution in [3.05, 3.63) is 18.3 Å². The highest BCUT2D eigenvalue weighted by Gasteiger charge is 2.12. The van der Waals surface area contributed by atoms with E-state index in [0.29, 0.717) is 12.2 Å². The molecule has 8 heteroatoms. The first kappa shape index (κ1) is 19.9. The Hall–Kier alpha value is -1.08. The number of nitrogens with zero attached hydrogens (tertiary/aromatic N) is 2. The Morgan fingerprint density at radius 2 is 2.10 bits per heavy atom. The first-order valence-electron chi connectivity index (χ1n) is 6.49. The topological polar surface area (TPSA) is 80.5 Å². The summed E-state index contributed by atoms with van der Waals surface area (Å²) in [5.41, 5.74) is 6.62. The molecule has 1 amide bonds. The van der Waals surface area contributed by atoms with E-state index in [1.165, 1.54) is 0 Å².